The second-order valence-electron chi connectivity index (χ2n) is 4.01. The van der Waals surface area contributed by atoms with Crippen LogP contribution in [-0.2, 0) is 0 Å². The fourth-order valence-electron chi connectivity index (χ4n) is 1.93. The maximum atomic E-state index is 13.3. The van der Waals surface area contributed by atoms with Crippen LogP contribution in [0, 0.1) is 10.6 Å². The normalized spacial score (nSPS) is 11.2. The number of aromatic nitrogens is 3. The van der Waals surface area contributed by atoms with E-state index in [1.165, 1.54) is 12.1 Å². The Morgan fingerprint density at radius 1 is 1.30 bits per heavy atom. The molecule has 20 heavy (non-hydrogen) atoms. The lowest BCUT2D eigenvalue weighted by Gasteiger charge is -2.09. The fraction of sp³-hybridized carbons (Fsp3) is 0. The van der Waals surface area contributed by atoms with Crippen molar-refractivity contribution in [3.63, 3.8) is 0 Å². The molecule has 0 aliphatic rings. The van der Waals surface area contributed by atoms with Gasteiger partial charge in [-0.25, -0.2) is 9.37 Å². The van der Waals surface area contributed by atoms with E-state index >= 15 is 0 Å². The Bertz CT molecular complexity index is 867. The SMILES string of the molecule is Fc1cc(Cl)c(-n2c(=S)[nH]c3cc(Br)cnc32)c(Br)c1. The molecule has 0 atom stereocenters. The quantitative estimate of drug-likeness (QED) is 0.517. The first-order chi connectivity index (χ1) is 9.47. The first-order valence-corrected chi connectivity index (χ1v) is 7.76. The van der Waals surface area contributed by atoms with Crippen LogP contribution in [0.25, 0.3) is 16.9 Å². The second-order valence-corrected chi connectivity index (χ2v) is 6.57. The minimum absolute atomic E-state index is 0.249. The molecule has 2 heterocycles. The molecule has 2 aromatic heterocycles. The van der Waals surface area contributed by atoms with Crippen LogP contribution in [0.1, 0.15) is 0 Å². The van der Waals surface area contributed by atoms with E-state index in [1.54, 1.807) is 10.8 Å². The van der Waals surface area contributed by atoms with Gasteiger partial charge in [0.1, 0.15) is 5.82 Å². The van der Waals surface area contributed by atoms with Crippen molar-refractivity contribution in [3.05, 3.63) is 49.0 Å². The van der Waals surface area contributed by atoms with Crippen LogP contribution in [0.2, 0.25) is 5.02 Å². The average molecular weight is 438 g/mol. The molecule has 0 aliphatic heterocycles. The van der Waals surface area contributed by atoms with Gasteiger partial charge >= 0.3 is 0 Å². The molecular weight excluding hydrogens is 432 g/mol. The van der Waals surface area contributed by atoms with Gasteiger partial charge in [-0.2, -0.15) is 0 Å². The fourth-order valence-corrected chi connectivity index (χ4v) is 3.56. The molecule has 1 N–H and O–H groups in total. The number of fused-ring (bicyclic) bond motifs is 1. The number of rotatable bonds is 1. The van der Waals surface area contributed by atoms with Crippen molar-refractivity contribution in [3.8, 4) is 5.69 Å². The number of nitrogens with zero attached hydrogens (tertiary/aromatic N) is 2. The van der Waals surface area contributed by atoms with Crippen molar-refractivity contribution < 1.29 is 4.39 Å². The van der Waals surface area contributed by atoms with Gasteiger partial charge in [-0.05, 0) is 62.3 Å². The minimum Gasteiger partial charge on any atom is -0.329 e. The van der Waals surface area contributed by atoms with Gasteiger partial charge < -0.3 is 4.98 Å². The Morgan fingerprint density at radius 3 is 2.75 bits per heavy atom. The molecule has 0 saturated heterocycles. The summed E-state index contributed by atoms with van der Waals surface area (Å²) in [7, 11) is 0. The number of pyridine rings is 1. The van der Waals surface area contributed by atoms with Crippen LogP contribution in [0.5, 0.6) is 0 Å². The van der Waals surface area contributed by atoms with E-state index in [0.29, 0.717) is 20.6 Å². The highest BCUT2D eigenvalue weighted by Crippen LogP contribution is 2.32. The third kappa shape index (κ3) is 2.32. The monoisotopic (exact) mass is 435 g/mol. The molecule has 3 aromatic rings. The number of aromatic amines is 1. The molecule has 0 fully saturated rings. The van der Waals surface area contributed by atoms with Gasteiger partial charge in [0.15, 0.2) is 10.4 Å². The molecule has 0 radical (unpaired) electrons. The topological polar surface area (TPSA) is 33.6 Å². The minimum atomic E-state index is -0.423. The van der Waals surface area contributed by atoms with Crippen molar-refractivity contribution in [2.75, 3.05) is 0 Å². The number of halogens is 4. The van der Waals surface area contributed by atoms with Gasteiger partial charge in [-0.3, -0.25) is 4.57 Å². The first kappa shape index (κ1) is 14.2. The molecule has 3 nitrogen and oxygen atoms in total. The van der Waals surface area contributed by atoms with Gasteiger partial charge in [0.05, 0.1) is 16.2 Å². The number of hydrogen-bond donors (Lipinski definition) is 1. The maximum absolute atomic E-state index is 13.3. The van der Waals surface area contributed by atoms with E-state index in [2.05, 4.69) is 41.8 Å². The Balaban J connectivity index is 2.41. The second kappa shape index (κ2) is 5.22. The van der Waals surface area contributed by atoms with Crippen LogP contribution in [0.4, 0.5) is 4.39 Å². The lowest BCUT2D eigenvalue weighted by molar-refractivity contribution is 0.626. The summed E-state index contributed by atoms with van der Waals surface area (Å²) in [6, 6.07) is 4.43. The van der Waals surface area contributed by atoms with Gasteiger partial charge in [-0.15, -0.1) is 0 Å². The van der Waals surface area contributed by atoms with Crippen molar-refractivity contribution in [1.29, 1.82) is 0 Å². The predicted octanol–water partition coefficient (Wildman–Crippen LogP) is 5.40. The van der Waals surface area contributed by atoms with E-state index in [9.17, 15) is 4.39 Å². The molecule has 3 rings (SSSR count). The Morgan fingerprint density at radius 2 is 2.05 bits per heavy atom. The summed E-state index contributed by atoms with van der Waals surface area (Å²) in [5, 5.41) is 0.249. The third-order valence-electron chi connectivity index (χ3n) is 2.70. The predicted molar refractivity (Wildman–Crippen MR) is 86.6 cm³/mol. The lowest BCUT2D eigenvalue weighted by atomic mass is 10.3. The molecule has 1 aromatic carbocycles. The highest BCUT2D eigenvalue weighted by atomic mass is 79.9. The Hall–Kier alpha value is -0.760. The number of benzene rings is 1. The summed E-state index contributed by atoms with van der Waals surface area (Å²) in [5.74, 6) is -0.423. The first-order valence-electron chi connectivity index (χ1n) is 5.38. The molecule has 0 saturated carbocycles. The molecular formula is C12H5Br2ClFN3S. The zero-order valence-corrected chi connectivity index (χ0v) is 14.4. The van der Waals surface area contributed by atoms with Crippen LogP contribution >= 0.6 is 55.7 Å². The van der Waals surface area contributed by atoms with Crippen molar-refractivity contribution in [2.45, 2.75) is 0 Å². The summed E-state index contributed by atoms with van der Waals surface area (Å²) >= 11 is 18.1. The molecule has 0 amide bonds. The lowest BCUT2D eigenvalue weighted by Crippen LogP contribution is -1.98. The smallest absolute Gasteiger partial charge is 0.184 e. The summed E-state index contributed by atoms with van der Waals surface area (Å²) in [6.07, 6.45) is 1.66. The van der Waals surface area contributed by atoms with Gasteiger partial charge in [0.2, 0.25) is 0 Å². The summed E-state index contributed by atoms with van der Waals surface area (Å²) in [5.41, 5.74) is 1.93. The van der Waals surface area contributed by atoms with Gasteiger partial charge in [0.25, 0.3) is 0 Å². The third-order valence-corrected chi connectivity index (χ3v) is 4.31. The van der Waals surface area contributed by atoms with E-state index in [4.69, 9.17) is 23.8 Å². The highest BCUT2D eigenvalue weighted by Gasteiger charge is 2.15. The van der Waals surface area contributed by atoms with Crippen LogP contribution in [-0.4, -0.2) is 14.5 Å². The van der Waals surface area contributed by atoms with Gasteiger partial charge in [-0.1, -0.05) is 11.6 Å². The molecule has 102 valence electrons. The summed E-state index contributed by atoms with van der Waals surface area (Å²) in [6.45, 7) is 0. The van der Waals surface area contributed by atoms with Crippen LogP contribution in [0.15, 0.2) is 33.3 Å². The van der Waals surface area contributed by atoms with Crippen molar-refractivity contribution in [1.82, 2.24) is 14.5 Å². The standard InChI is InChI=1S/C12H5Br2ClFN3S/c13-5-1-9-11(17-4-5)19(12(20)18-9)10-7(14)2-6(16)3-8(10)15/h1-4H,(H,18,20). The summed E-state index contributed by atoms with van der Waals surface area (Å²) < 4.78 is 16.8. The van der Waals surface area contributed by atoms with E-state index in [0.717, 1.165) is 9.99 Å². The van der Waals surface area contributed by atoms with E-state index in [-0.39, 0.29) is 5.02 Å². The molecule has 0 bridgehead atoms. The van der Waals surface area contributed by atoms with Crippen molar-refractivity contribution in [2.24, 2.45) is 0 Å². The molecule has 0 spiro atoms. The summed E-state index contributed by atoms with van der Waals surface area (Å²) in [4.78, 5) is 7.37. The molecule has 0 aliphatic carbocycles. The number of nitrogens with one attached hydrogen (secondary N) is 1. The van der Waals surface area contributed by atoms with E-state index < -0.39 is 5.82 Å². The van der Waals surface area contributed by atoms with Crippen molar-refractivity contribution >= 4 is 66.8 Å². The van der Waals surface area contributed by atoms with E-state index in [1.807, 2.05) is 6.07 Å². The van der Waals surface area contributed by atoms with Gasteiger partial charge in [0, 0.05) is 15.1 Å². The molecule has 0 unspecified atom stereocenters. The number of imidazole rings is 1. The average Bonchev–Trinajstić information content (AvgIpc) is 2.64. The largest absolute Gasteiger partial charge is 0.329 e. The van der Waals surface area contributed by atoms with Crippen LogP contribution in [0.3, 0.4) is 0 Å². The number of H-pyrrole nitrogens is 1. The van der Waals surface area contributed by atoms with Crippen LogP contribution < -0.4 is 0 Å². The Labute approximate surface area is 140 Å². The zero-order chi connectivity index (χ0) is 14.4. The maximum Gasteiger partial charge on any atom is 0.184 e. The molecule has 8 heteroatoms. The Kier molecular flexibility index (Phi) is 3.70. The highest BCUT2D eigenvalue weighted by molar-refractivity contribution is 9.10. The zero-order valence-electron chi connectivity index (χ0n) is 9.62. The number of hydrogen-bond acceptors (Lipinski definition) is 2.